The number of nitrogens with one attached hydrogen (secondary N) is 1. The molecule has 2 amide bonds. The molecule has 0 spiro atoms. The van der Waals surface area contributed by atoms with Crippen molar-refractivity contribution in [3.05, 3.63) is 28.4 Å². The van der Waals surface area contributed by atoms with E-state index < -0.39 is 41.6 Å². The lowest BCUT2D eigenvalue weighted by Crippen LogP contribution is -2.70. The van der Waals surface area contributed by atoms with Crippen molar-refractivity contribution < 1.29 is 29.4 Å². The van der Waals surface area contributed by atoms with E-state index in [2.05, 4.69) is 10.3 Å². The lowest BCUT2D eigenvalue weighted by atomic mass is 10.0. The number of thiazole rings is 1. The predicted molar refractivity (Wildman–Crippen MR) is 102 cm³/mol. The van der Waals surface area contributed by atoms with Crippen LogP contribution >= 0.6 is 23.1 Å². The molecule has 0 aliphatic carbocycles. The summed E-state index contributed by atoms with van der Waals surface area (Å²) in [6.45, 7) is 1.64. The number of fused-ring (bicyclic) bond motifs is 1. The number of β-lactam (4-membered cyclic amide) rings is 1. The second kappa shape index (κ2) is 7.64. The smallest absolute Gasteiger partial charge is 0.352 e. The number of carboxylic acid groups (broad SMARTS) is 2. The lowest BCUT2D eigenvalue weighted by molar-refractivity contribution is -0.150. The average Bonchev–Trinajstić information content (AvgIpc) is 3.05. The van der Waals surface area contributed by atoms with Gasteiger partial charge in [-0.15, -0.1) is 23.1 Å². The molecule has 2 aliphatic rings. The lowest BCUT2D eigenvalue weighted by Gasteiger charge is -2.49. The van der Waals surface area contributed by atoms with Gasteiger partial charge in [-0.25, -0.2) is 9.78 Å². The molecule has 1 aromatic rings. The molecule has 0 radical (unpaired) electrons. The highest BCUT2D eigenvalue weighted by atomic mass is 32.2. The first kappa shape index (κ1) is 19.9. The second-order valence-corrected chi connectivity index (χ2v) is 8.08. The highest BCUT2D eigenvalue weighted by molar-refractivity contribution is 8.00. The molecule has 3 rings (SSSR count). The van der Waals surface area contributed by atoms with Crippen LogP contribution in [0.4, 0.5) is 5.13 Å². The number of amides is 2. The first-order valence-corrected chi connectivity index (χ1v) is 9.95. The molecule has 0 bridgehead atoms. The number of nitrogens with zero attached hydrogens (tertiary/aromatic N) is 2. The van der Waals surface area contributed by atoms with Crippen molar-refractivity contribution in [3.63, 3.8) is 0 Å². The van der Waals surface area contributed by atoms with Crippen molar-refractivity contribution in [2.24, 2.45) is 0 Å². The fourth-order valence-corrected chi connectivity index (χ4v) is 4.76. The fraction of sp³-hybridized carbons (Fsp3) is 0.312. The molecular formula is C16H16N4O6S2. The van der Waals surface area contributed by atoms with Gasteiger partial charge in [0.05, 0.1) is 17.7 Å². The zero-order chi connectivity index (χ0) is 20.6. The van der Waals surface area contributed by atoms with E-state index in [0.717, 1.165) is 16.2 Å². The number of hydrogen-bond acceptors (Lipinski definition) is 8. The summed E-state index contributed by atoms with van der Waals surface area (Å²) >= 11 is 2.44. The summed E-state index contributed by atoms with van der Waals surface area (Å²) in [5.41, 5.74) is 6.30. The van der Waals surface area contributed by atoms with Crippen molar-refractivity contribution in [1.29, 1.82) is 0 Å². The van der Waals surface area contributed by atoms with E-state index in [9.17, 15) is 24.3 Å². The van der Waals surface area contributed by atoms with Crippen LogP contribution in [-0.4, -0.2) is 61.0 Å². The van der Waals surface area contributed by atoms with Gasteiger partial charge in [0.15, 0.2) is 5.13 Å². The highest BCUT2D eigenvalue weighted by Gasteiger charge is 2.53. The van der Waals surface area contributed by atoms with Gasteiger partial charge in [-0.2, -0.15) is 0 Å². The number of thioether (sulfide) groups is 1. The van der Waals surface area contributed by atoms with Crippen molar-refractivity contribution in [1.82, 2.24) is 15.2 Å². The summed E-state index contributed by atoms with van der Waals surface area (Å²) in [5.74, 6) is -3.10. The van der Waals surface area contributed by atoms with Gasteiger partial charge >= 0.3 is 11.9 Å². The van der Waals surface area contributed by atoms with E-state index in [1.807, 2.05) is 0 Å². The minimum atomic E-state index is -1.19. The van der Waals surface area contributed by atoms with Gasteiger partial charge in [0.25, 0.3) is 11.8 Å². The van der Waals surface area contributed by atoms with Crippen molar-refractivity contribution in [3.8, 4) is 0 Å². The van der Waals surface area contributed by atoms with E-state index in [1.54, 1.807) is 6.92 Å². The van der Waals surface area contributed by atoms with Crippen molar-refractivity contribution in [2.45, 2.75) is 24.8 Å². The number of anilines is 1. The molecule has 10 nitrogen and oxygen atoms in total. The van der Waals surface area contributed by atoms with Gasteiger partial charge in [0, 0.05) is 11.1 Å². The van der Waals surface area contributed by atoms with Crippen LogP contribution in [-0.2, 0) is 19.2 Å². The van der Waals surface area contributed by atoms with Crippen LogP contribution in [0.15, 0.2) is 22.7 Å². The van der Waals surface area contributed by atoms with E-state index in [0.29, 0.717) is 11.3 Å². The van der Waals surface area contributed by atoms with Gasteiger partial charge in [0.2, 0.25) is 0 Å². The Kier molecular flexibility index (Phi) is 5.42. The molecule has 0 saturated carbocycles. The fourth-order valence-electron chi connectivity index (χ4n) is 2.91. The zero-order valence-corrected chi connectivity index (χ0v) is 16.2. The largest absolute Gasteiger partial charge is 0.481 e. The number of aliphatic carboxylic acids is 2. The molecular weight excluding hydrogens is 408 g/mol. The molecule has 2 atom stereocenters. The van der Waals surface area contributed by atoms with Crippen LogP contribution in [0.25, 0.3) is 5.57 Å². The molecule has 0 aromatic carbocycles. The monoisotopic (exact) mass is 424 g/mol. The number of carbonyl (C=O) groups excluding carboxylic acids is 2. The normalized spacial score (nSPS) is 21.8. The number of carboxylic acids is 2. The first-order valence-electron chi connectivity index (χ1n) is 8.02. The van der Waals surface area contributed by atoms with Crippen LogP contribution in [0.3, 0.4) is 0 Å². The van der Waals surface area contributed by atoms with E-state index in [1.165, 1.54) is 23.2 Å². The summed E-state index contributed by atoms with van der Waals surface area (Å²) in [5, 5.41) is 22.0. The van der Waals surface area contributed by atoms with Crippen LogP contribution in [0.5, 0.6) is 0 Å². The summed E-state index contributed by atoms with van der Waals surface area (Å²) in [7, 11) is 0. The summed E-state index contributed by atoms with van der Waals surface area (Å²) < 4.78 is 0. The third-order valence-electron chi connectivity index (χ3n) is 4.17. The zero-order valence-electron chi connectivity index (χ0n) is 14.5. The maximum Gasteiger partial charge on any atom is 0.352 e. The Morgan fingerprint density at radius 2 is 2.14 bits per heavy atom. The topological polar surface area (TPSA) is 163 Å². The van der Waals surface area contributed by atoms with E-state index in [-0.39, 0.29) is 22.1 Å². The predicted octanol–water partition coefficient (Wildman–Crippen LogP) is 0.342. The Balaban J connectivity index is 1.80. The minimum Gasteiger partial charge on any atom is -0.481 e. The molecule has 12 heteroatoms. The Morgan fingerprint density at radius 3 is 2.71 bits per heavy atom. The van der Waals surface area contributed by atoms with Crippen molar-refractivity contribution >= 4 is 57.6 Å². The third kappa shape index (κ3) is 3.60. The number of aromatic nitrogens is 1. The number of nitrogens with two attached hydrogens (primary N) is 1. The molecule has 1 saturated heterocycles. The Labute approximate surface area is 167 Å². The summed E-state index contributed by atoms with van der Waals surface area (Å²) in [6, 6.07) is -0.913. The molecule has 1 aromatic heterocycles. The number of carbonyl (C=O) groups is 4. The molecule has 148 valence electrons. The summed E-state index contributed by atoms with van der Waals surface area (Å²) in [6.07, 6.45) is 0.794. The molecule has 5 N–H and O–H groups in total. The molecule has 2 aliphatic heterocycles. The van der Waals surface area contributed by atoms with Gasteiger partial charge < -0.3 is 21.3 Å². The average molecular weight is 424 g/mol. The van der Waals surface area contributed by atoms with Gasteiger partial charge in [-0.1, -0.05) is 6.08 Å². The Bertz CT molecular complexity index is 937. The number of rotatable bonds is 6. The van der Waals surface area contributed by atoms with Gasteiger partial charge in [-0.3, -0.25) is 19.3 Å². The number of hydrogen-bond donors (Lipinski definition) is 4. The first-order chi connectivity index (χ1) is 13.2. The quantitative estimate of drug-likeness (QED) is 0.372. The van der Waals surface area contributed by atoms with Crippen molar-refractivity contribution in [2.75, 3.05) is 11.5 Å². The maximum absolute atomic E-state index is 12.7. The van der Waals surface area contributed by atoms with E-state index in [4.69, 9.17) is 10.8 Å². The molecule has 28 heavy (non-hydrogen) atoms. The highest BCUT2D eigenvalue weighted by Crippen LogP contribution is 2.40. The van der Waals surface area contributed by atoms with Gasteiger partial charge in [0.1, 0.15) is 17.1 Å². The van der Waals surface area contributed by atoms with E-state index >= 15 is 0 Å². The SMILES string of the molecule is CC1=C(C(=O)O)N2C(=O)[C@@H](NC(=O)C(=CCC(=O)O)c3csc(N)n3)[C@@H]2SC1. The summed E-state index contributed by atoms with van der Waals surface area (Å²) in [4.78, 5) is 52.7. The second-order valence-electron chi connectivity index (χ2n) is 6.08. The standard InChI is InChI=1S/C16H16N4O6S2/c1-6-4-27-14-10(13(24)20(14)11(6)15(25)26)19-12(23)7(2-3-9(21)22)8-5-28-16(17)18-8/h2,5,10,14H,3-4H2,1H3,(H2,17,18)(H,19,23)(H,21,22)(H,25,26)/t10-,14+/m1/s1. The van der Waals surface area contributed by atoms with Crippen LogP contribution in [0, 0.1) is 0 Å². The van der Waals surface area contributed by atoms with Crippen LogP contribution < -0.4 is 11.1 Å². The molecule has 0 unspecified atom stereocenters. The Morgan fingerprint density at radius 1 is 1.43 bits per heavy atom. The van der Waals surface area contributed by atoms with Crippen LogP contribution in [0.2, 0.25) is 0 Å². The molecule has 1 fully saturated rings. The maximum atomic E-state index is 12.7. The minimum absolute atomic E-state index is 0.00686. The third-order valence-corrected chi connectivity index (χ3v) is 6.27. The van der Waals surface area contributed by atoms with Crippen LogP contribution in [0.1, 0.15) is 19.0 Å². The van der Waals surface area contributed by atoms with Gasteiger partial charge in [-0.05, 0) is 12.5 Å². The number of nitrogen functional groups attached to an aromatic ring is 1. The molecule has 3 heterocycles. The Hall–Kier alpha value is -2.86.